The molecule has 0 aromatic carbocycles. The summed E-state index contributed by atoms with van der Waals surface area (Å²) in [5, 5.41) is 0. The van der Waals surface area contributed by atoms with E-state index in [-0.39, 0.29) is 6.10 Å². The number of rotatable bonds is 4. The van der Waals surface area contributed by atoms with Gasteiger partial charge in [0.2, 0.25) is 11.8 Å². The van der Waals surface area contributed by atoms with E-state index in [9.17, 15) is 0 Å². The van der Waals surface area contributed by atoms with Gasteiger partial charge < -0.3 is 4.74 Å². The molecule has 2 aromatic heterocycles. The first-order valence-corrected chi connectivity index (χ1v) is 5.98. The van der Waals surface area contributed by atoms with E-state index in [1.807, 2.05) is 44.5 Å². The minimum absolute atomic E-state index is 0.0998. The fraction of sp³-hybridized carbons (Fsp3) is 0.385. The summed E-state index contributed by atoms with van der Waals surface area (Å²) in [6.45, 7) is 7.98. The molecule has 5 nitrogen and oxygen atoms in total. The van der Waals surface area contributed by atoms with Gasteiger partial charge in [-0.3, -0.25) is 10.1 Å². The summed E-state index contributed by atoms with van der Waals surface area (Å²) in [6, 6.07) is 5.83. The summed E-state index contributed by atoms with van der Waals surface area (Å²) in [5.74, 6) is 1.10. The zero-order valence-corrected chi connectivity index (χ0v) is 11.1. The maximum absolute atomic E-state index is 5.53. The Kier molecular flexibility index (Phi) is 3.50. The normalized spacial score (nSPS) is 10.7. The smallest absolute Gasteiger partial charge is 0.245 e. The second-order valence-electron chi connectivity index (χ2n) is 4.45. The summed E-state index contributed by atoms with van der Waals surface area (Å²) < 4.78 is 7.47. The lowest BCUT2D eigenvalue weighted by atomic mass is 10.5. The maximum Gasteiger partial charge on any atom is 0.245 e. The molecule has 0 aliphatic rings. The predicted octanol–water partition coefficient (Wildman–Crippen LogP) is 2.56. The Morgan fingerprint density at radius 3 is 2.44 bits per heavy atom. The number of ether oxygens (including phenoxy) is 1. The second-order valence-corrected chi connectivity index (χ2v) is 4.45. The molecule has 5 heteroatoms. The molecule has 0 radical (unpaired) electrons. The molecule has 0 atom stereocenters. The standard InChI is InChI=1S/C13H18N4O/c1-9(2)18-12-7-8-14-13(15-12)16-17-10(3)5-6-11(17)4/h5-9H,1-4H3,(H,14,15,16). The van der Waals surface area contributed by atoms with Crippen molar-refractivity contribution in [2.45, 2.75) is 33.8 Å². The summed E-state index contributed by atoms with van der Waals surface area (Å²) in [6.07, 6.45) is 1.78. The first-order valence-electron chi connectivity index (χ1n) is 5.98. The van der Waals surface area contributed by atoms with E-state index >= 15 is 0 Å². The van der Waals surface area contributed by atoms with Crippen LogP contribution in [0, 0.1) is 13.8 Å². The lowest BCUT2D eigenvalue weighted by Crippen LogP contribution is -2.15. The molecule has 0 fully saturated rings. The van der Waals surface area contributed by atoms with Crippen LogP contribution in [0.1, 0.15) is 25.2 Å². The molecule has 2 rings (SSSR count). The Balaban J connectivity index is 2.19. The number of hydrogen-bond donors (Lipinski definition) is 1. The largest absolute Gasteiger partial charge is 0.475 e. The highest BCUT2D eigenvalue weighted by Crippen LogP contribution is 2.12. The Hall–Kier alpha value is -2.04. The lowest BCUT2D eigenvalue weighted by molar-refractivity contribution is 0.232. The second kappa shape index (κ2) is 5.08. The molecule has 96 valence electrons. The van der Waals surface area contributed by atoms with Crippen molar-refractivity contribution in [1.82, 2.24) is 14.6 Å². The molecular weight excluding hydrogens is 228 g/mol. The first-order chi connectivity index (χ1) is 8.56. The van der Waals surface area contributed by atoms with Crippen molar-refractivity contribution >= 4 is 5.95 Å². The van der Waals surface area contributed by atoms with E-state index in [1.54, 1.807) is 12.3 Å². The number of nitrogens with one attached hydrogen (secondary N) is 1. The van der Waals surface area contributed by atoms with Crippen LogP contribution in [-0.2, 0) is 0 Å². The molecule has 18 heavy (non-hydrogen) atoms. The van der Waals surface area contributed by atoms with Crippen molar-refractivity contribution in [2.75, 3.05) is 5.43 Å². The molecular formula is C13H18N4O. The Labute approximate surface area is 107 Å². The van der Waals surface area contributed by atoms with Crippen molar-refractivity contribution in [1.29, 1.82) is 0 Å². The van der Waals surface area contributed by atoms with Crippen molar-refractivity contribution < 1.29 is 4.74 Å². The Bertz CT molecular complexity index is 514. The van der Waals surface area contributed by atoms with Crippen LogP contribution >= 0.6 is 0 Å². The third kappa shape index (κ3) is 2.80. The van der Waals surface area contributed by atoms with Gasteiger partial charge in [0, 0.05) is 23.7 Å². The van der Waals surface area contributed by atoms with Crippen LogP contribution < -0.4 is 10.2 Å². The van der Waals surface area contributed by atoms with Crippen LogP contribution in [0.4, 0.5) is 5.95 Å². The molecule has 0 amide bonds. The first kappa shape index (κ1) is 12.4. The van der Waals surface area contributed by atoms with Gasteiger partial charge in [0.15, 0.2) is 0 Å². The number of aryl methyl sites for hydroxylation is 2. The number of anilines is 1. The molecule has 0 aliphatic carbocycles. The maximum atomic E-state index is 5.53. The van der Waals surface area contributed by atoms with Gasteiger partial charge in [-0.2, -0.15) is 4.98 Å². The van der Waals surface area contributed by atoms with Gasteiger partial charge >= 0.3 is 0 Å². The van der Waals surface area contributed by atoms with Gasteiger partial charge in [0.25, 0.3) is 0 Å². The predicted molar refractivity (Wildman–Crippen MR) is 70.7 cm³/mol. The number of nitrogens with zero attached hydrogens (tertiary/aromatic N) is 3. The fourth-order valence-corrected chi connectivity index (χ4v) is 1.65. The summed E-state index contributed by atoms with van der Waals surface area (Å²) in [4.78, 5) is 8.49. The van der Waals surface area contributed by atoms with Crippen molar-refractivity contribution in [3.05, 3.63) is 35.8 Å². The molecule has 0 saturated heterocycles. The van der Waals surface area contributed by atoms with Gasteiger partial charge in [-0.15, -0.1) is 0 Å². The highest BCUT2D eigenvalue weighted by atomic mass is 16.5. The van der Waals surface area contributed by atoms with Crippen LogP contribution in [0.5, 0.6) is 5.88 Å². The molecule has 0 unspecified atom stereocenters. The topological polar surface area (TPSA) is 52.0 Å². The molecule has 2 heterocycles. The summed E-state index contributed by atoms with van der Waals surface area (Å²) in [7, 11) is 0. The molecule has 0 aliphatic heterocycles. The van der Waals surface area contributed by atoms with E-state index in [2.05, 4.69) is 15.4 Å². The Morgan fingerprint density at radius 2 is 1.83 bits per heavy atom. The lowest BCUT2D eigenvalue weighted by Gasteiger charge is -2.12. The van der Waals surface area contributed by atoms with E-state index in [1.165, 1.54) is 0 Å². The summed E-state index contributed by atoms with van der Waals surface area (Å²) in [5.41, 5.74) is 5.35. The average Bonchev–Trinajstić information content (AvgIpc) is 2.60. The van der Waals surface area contributed by atoms with Crippen LogP contribution in [-0.4, -0.2) is 20.7 Å². The number of hydrogen-bond acceptors (Lipinski definition) is 4. The van der Waals surface area contributed by atoms with Crippen LogP contribution in [0.25, 0.3) is 0 Å². The zero-order valence-electron chi connectivity index (χ0n) is 11.1. The van der Waals surface area contributed by atoms with E-state index < -0.39 is 0 Å². The van der Waals surface area contributed by atoms with E-state index in [0.717, 1.165) is 11.4 Å². The van der Waals surface area contributed by atoms with E-state index in [4.69, 9.17) is 4.74 Å². The minimum atomic E-state index is 0.0998. The van der Waals surface area contributed by atoms with Crippen molar-refractivity contribution in [2.24, 2.45) is 0 Å². The van der Waals surface area contributed by atoms with Crippen LogP contribution in [0.15, 0.2) is 24.4 Å². The zero-order chi connectivity index (χ0) is 13.1. The van der Waals surface area contributed by atoms with Crippen molar-refractivity contribution in [3.8, 4) is 5.88 Å². The van der Waals surface area contributed by atoms with Gasteiger partial charge in [-0.25, -0.2) is 4.98 Å². The van der Waals surface area contributed by atoms with Gasteiger partial charge in [-0.1, -0.05) is 0 Å². The monoisotopic (exact) mass is 246 g/mol. The SMILES string of the molecule is Cc1ccc(C)n1Nc1nccc(OC(C)C)n1. The average molecular weight is 246 g/mol. The minimum Gasteiger partial charge on any atom is -0.475 e. The summed E-state index contributed by atoms with van der Waals surface area (Å²) >= 11 is 0. The Morgan fingerprint density at radius 1 is 1.17 bits per heavy atom. The van der Waals surface area contributed by atoms with Gasteiger partial charge in [0.1, 0.15) is 0 Å². The highest BCUT2D eigenvalue weighted by Gasteiger charge is 2.05. The fourth-order valence-electron chi connectivity index (χ4n) is 1.65. The third-order valence-electron chi connectivity index (χ3n) is 2.47. The molecule has 2 aromatic rings. The van der Waals surface area contributed by atoms with Crippen LogP contribution in [0.3, 0.4) is 0 Å². The van der Waals surface area contributed by atoms with Gasteiger partial charge in [-0.05, 0) is 39.8 Å². The van der Waals surface area contributed by atoms with Crippen molar-refractivity contribution in [3.63, 3.8) is 0 Å². The molecule has 0 bridgehead atoms. The van der Waals surface area contributed by atoms with E-state index in [0.29, 0.717) is 11.8 Å². The quantitative estimate of drug-likeness (QED) is 0.900. The molecule has 0 saturated carbocycles. The molecule has 0 spiro atoms. The van der Waals surface area contributed by atoms with Gasteiger partial charge in [0.05, 0.1) is 6.10 Å². The molecule has 1 N–H and O–H groups in total. The number of aromatic nitrogens is 3. The van der Waals surface area contributed by atoms with Crippen LogP contribution in [0.2, 0.25) is 0 Å². The highest BCUT2D eigenvalue weighted by molar-refractivity contribution is 5.30. The third-order valence-corrected chi connectivity index (χ3v) is 2.47.